The summed E-state index contributed by atoms with van der Waals surface area (Å²) in [7, 11) is -3.66. The van der Waals surface area contributed by atoms with Crippen LogP contribution in [0.1, 0.15) is 17.0 Å². The Kier molecular flexibility index (Phi) is 4.43. The van der Waals surface area contributed by atoms with E-state index < -0.39 is 27.5 Å². The largest absolute Gasteiger partial charge is 0.481 e. The molecule has 0 fully saturated rings. The fraction of sp³-hybridized carbons (Fsp3) is 0.188. The fourth-order valence-corrected chi connectivity index (χ4v) is 3.74. The fourth-order valence-electron chi connectivity index (χ4n) is 2.12. The highest BCUT2D eigenvalue weighted by atomic mass is 32.2. The van der Waals surface area contributed by atoms with Crippen LogP contribution < -0.4 is 0 Å². The molecule has 0 amide bonds. The predicted octanol–water partition coefficient (Wildman–Crippen LogP) is 2.64. The zero-order chi connectivity index (χ0) is 15.5. The highest BCUT2D eigenvalue weighted by Gasteiger charge is 2.28. The molecule has 0 aliphatic heterocycles. The maximum Gasteiger partial charge on any atom is 0.312 e. The van der Waals surface area contributed by atoms with E-state index in [4.69, 9.17) is 0 Å². The third-order valence-electron chi connectivity index (χ3n) is 3.23. The molecular weight excluding hydrogens is 288 g/mol. The summed E-state index contributed by atoms with van der Waals surface area (Å²) >= 11 is 0. The molecule has 0 aliphatic carbocycles. The van der Waals surface area contributed by atoms with Gasteiger partial charge in [-0.1, -0.05) is 42.5 Å². The second-order valence-corrected chi connectivity index (χ2v) is 6.93. The number of sulfone groups is 1. The van der Waals surface area contributed by atoms with E-state index in [9.17, 15) is 18.3 Å². The predicted molar refractivity (Wildman–Crippen MR) is 80.1 cm³/mol. The smallest absolute Gasteiger partial charge is 0.312 e. The molecule has 0 bridgehead atoms. The SMILES string of the molecule is Cc1cccc(S(=O)(=O)CC(C(=O)O)c2ccccc2)c1. The zero-order valence-electron chi connectivity index (χ0n) is 11.6. The molecular formula is C16H16O4S. The van der Waals surface area contributed by atoms with Crippen LogP contribution >= 0.6 is 0 Å². The van der Waals surface area contributed by atoms with Crippen molar-refractivity contribution in [3.05, 3.63) is 65.7 Å². The molecule has 0 spiro atoms. The Labute approximate surface area is 124 Å². The van der Waals surface area contributed by atoms with Crippen molar-refractivity contribution >= 4 is 15.8 Å². The van der Waals surface area contributed by atoms with Gasteiger partial charge in [-0.15, -0.1) is 0 Å². The Balaban J connectivity index is 2.35. The van der Waals surface area contributed by atoms with E-state index in [1.807, 2.05) is 0 Å². The van der Waals surface area contributed by atoms with Crippen molar-refractivity contribution in [3.63, 3.8) is 0 Å². The van der Waals surface area contributed by atoms with Gasteiger partial charge in [-0.3, -0.25) is 4.79 Å². The van der Waals surface area contributed by atoms with Crippen LogP contribution in [0.4, 0.5) is 0 Å². The van der Waals surface area contributed by atoms with Gasteiger partial charge < -0.3 is 5.11 Å². The maximum atomic E-state index is 12.4. The first-order valence-electron chi connectivity index (χ1n) is 6.47. The molecule has 5 heteroatoms. The van der Waals surface area contributed by atoms with Crippen molar-refractivity contribution in [2.75, 3.05) is 5.75 Å². The lowest BCUT2D eigenvalue weighted by Crippen LogP contribution is -2.22. The molecule has 2 aromatic carbocycles. The van der Waals surface area contributed by atoms with Crippen LogP contribution in [0.25, 0.3) is 0 Å². The summed E-state index contributed by atoms with van der Waals surface area (Å²) in [6.07, 6.45) is 0. The standard InChI is InChI=1S/C16H16O4S/c1-12-6-5-9-14(10-12)21(19,20)11-15(16(17)18)13-7-3-2-4-8-13/h2-10,15H,11H2,1H3,(H,17,18). The zero-order valence-corrected chi connectivity index (χ0v) is 12.4. The Bertz CT molecular complexity index is 736. The average molecular weight is 304 g/mol. The molecule has 0 radical (unpaired) electrons. The first-order valence-corrected chi connectivity index (χ1v) is 8.12. The Morgan fingerprint density at radius 3 is 2.33 bits per heavy atom. The van der Waals surface area contributed by atoms with Gasteiger partial charge >= 0.3 is 5.97 Å². The topological polar surface area (TPSA) is 71.4 Å². The molecule has 0 heterocycles. The van der Waals surface area contributed by atoms with Gasteiger partial charge in [-0.2, -0.15) is 0 Å². The summed E-state index contributed by atoms with van der Waals surface area (Å²) in [5.74, 6) is -2.66. The lowest BCUT2D eigenvalue weighted by molar-refractivity contribution is -0.138. The number of rotatable bonds is 5. The average Bonchev–Trinajstić information content (AvgIpc) is 2.45. The summed E-state index contributed by atoms with van der Waals surface area (Å²) in [6.45, 7) is 1.80. The van der Waals surface area contributed by atoms with Gasteiger partial charge in [0.2, 0.25) is 0 Å². The van der Waals surface area contributed by atoms with Gasteiger partial charge in [-0.05, 0) is 30.2 Å². The van der Waals surface area contributed by atoms with E-state index in [2.05, 4.69) is 0 Å². The minimum Gasteiger partial charge on any atom is -0.481 e. The van der Waals surface area contributed by atoms with Crippen molar-refractivity contribution in [3.8, 4) is 0 Å². The number of carboxylic acid groups (broad SMARTS) is 1. The number of carbonyl (C=O) groups is 1. The van der Waals surface area contributed by atoms with Crippen LogP contribution in [0.2, 0.25) is 0 Å². The molecule has 1 atom stereocenters. The Morgan fingerprint density at radius 2 is 1.76 bits per heavy atom. The van der Waals surface area contributed by atoms with Crippen LogP contribution in [0.3, 0.4) is 0 Å². The number of aliphatic carboxylic acids is 1. The van der Waals surface area contributed by atoms with Crippen LogP contribution in [0.15, 0.2) is 59.5 Å². The van der Waals surface area contributed by atoms with Crippen molar-refractivity contribution in [1.82, 2.24) is 0 Å². The quantitative estimate of drug-likeness (QED) is 0.921. The summed E-state index contributed by atoms with van der Waals surface area (Å²) in [5, 5.41) is 9.33. The lowest BCUT2D eigenvalue weighted by atomic mass is 10.0. The molecule has 21 heavy (non-hydrogen) atoms. The van der Waals surface area contributed by atoms with E-state index in [1.165, 1.54) is 6.07 Å². The van der Waals surface area contributed by atoms with Gasteiger partial charge in [0.25, 0.3) is 0 Å². The molecule has 2 aromatic rings. The minimum atomic E-state index is -3.66. The number of carboxylic acids is 1. The van der Waals surface area contributed by atoms with E-state index in [0.717, 1.165) is 5.56 Å². The summed E-state index contributed by atoms with van der Waals surface area (Å²) in [4.78, 5) is 11.6. The molecule has 0 saturated carbocycles. The monoisotopic (exact) mass is 304 g/mol. The molecule has 0 aliphatic rings. The molecule has 4 nitrogen and oxygen atoms in total. The van der Waals surface area contributed by atoms with E-state index in [0.29, 0.717) is 5.56 Å². The second kappa shape index (κ2) is 6.10. The van der Waals surface area contributed by atoms with E-state index in [-0.39, 0.29) is 4.90 Å². The molecule has 1 unspecified atom stereocenters. The van der Waals surface area contributed by atoms with E-state index in [1.54, 1.807) is 55.5 Å². The molecule has 110 valence electrons. The second-order valence-electron chi connectivity index (χ2n) is 4.90. The number of aryl methyl sites for hydroxylation is 1. The normalized spacial score (nSPS) is 12.8. The van der Waals surface area contributed by atoms with Crippen LogP contribution in [-0.4, -0.2) is 25.2 Å². The lowest BCUT2D eigenvalue weighted by Gasteiger charge is -2.13. The Hall–Kier alpha value is -2.14. The highest BCUT2D eigenvalue weighted by Crippen LogP contribution is 2.22. The summed E-state index contributed by atoms with van der Waals surface area (Å²) in [5.41, 5.74) is 1.31. The van der Waals surface area contributed by atoms with E-state index >= 15 is 0 Å². The summed E-state index contributed by atoms with van der Waals surface area (Å²) in [6, 6.07) is 14.9. The van der Waals surface area contributed by atoms with Crippen molar-refractivity contribution < 1.29 is 18.3 Å². The number of hydrogen-bond donors (Lipinski definition) is 1. The van der Waals surface area contributed by atoms with Crippen molar-refractivity contribution in [1.29, 1.82) is 0 Å². The van der Waals surface area contributed by atoms with Gasteiger partial charge in [0.1, 0.15) is 0 Å². The maximum absolute atomic E-state index is 12.4. The number of benzene rings is 2. The third kappa shape index (κ3) is 3.70. The number of hydrogen-bond acceptors (Lipinski definition) is 3. The first kappa shape index (κ1) is 15.3. The van der Waals surface area contributed by atoms with Crippen molar-refractivity contribution in [2.45, 2.75) is 17.7 Å². The minimum absolute atomic E-state index is 0.157. The molecule has 0 aromatic heterocycles. The first-order chi connectivity index (χ1) is 9.90. The van der Waals surface area contributed by atoms with Crippen LogP contribution in [0, 0.1) is 6.92 Å². The van der Waals surface area contributed by atoms with Crippen molar-refractivity contribution in [2.24, 2.45) is 0 Å². The Morgan fingerprint density at radius 1 is 1.10 bits per heavy atom. The molecule has 1 N–H and O–H groups in total. The van der Waals surface area contributed by atoms with Crippen LogP contribution in [-0.2, 0) is 14.6 Å². The highest BCUT2D eigenvalue weighted by molar-refractivity contribution is 7.91. The molecule has 2 rings (SSSR count). The van der Waals surface area contributed by atoms with Gasteiger partial charge in [-0.25, -0.2) is 8.42 Å². The van der Waals surface area contributed by atoms with Gasteiger partial charge in [0, 0.05) is 0 Å². The molecule has 0 saturated heterocycles. The third-order valence-corrected chi connectivity index (χ3v) is 4.98. The summed E-state index contributed by atoms with van der Waals surface area (Å²) < 4.78 is 24.8. The van der Waals surface area contributed by atoms with Gasteiger partial charge in [0.05, 0.1) is 16.6 Å². The van der Waals surface area contributed by atoms with Gasteiger partial charge in [0.15, 0.2) is 9.84 Å². The van der Waals surface area contributed by atoms with Crippen LogP contribution in [0.5, 0.6) is 0 Å².